The van der Waals surface area contributed by atoms with Crippen LogP contribution < -0.4 is 0 Å². The summed E-state index contributed by atoms with van der Waals surface area (Å²) in [6.45, 7) is 4.09. The highest BCUT2D eigenvalue weighted by Crippen LogP contribution is 2.43. The molecule has 1 saturated heterocycles. The molecule has 0 N–H and O–H groups in total. The van der Waals surface area contributed by atoms with Gasteiger partial charge in [-0.05, 0) is 25.5 Å². The molecule has 120 valence electrons. The molecule has 4 heteroatoms. The van der Waals surface area contributed by atoms with Gasteiger partial charge in [-0.15, -0.1) is 0 Å². The average Bonchev–Trinajstić information content (AvgIpc) is 2.76. The van der Waals surface area contributed by atoms with Gasteiger partial charge in [-0.25, -0.2) is 0 Å². The van der Waals surface area contributed by atoms with Crippen molar-refractivity contribution in [3.05, 3.63) is 54.4 Å². The Morgan fingerprint density at radius 1 is 1.09 bits per heavy atom. The van der Waals surface area contributed by atoms with E-state index in [4.69, 9.17) is 4.74 Å². The molecule has 0 aliphatic carbocycles. The fourth-order valence-electron chi connectivity index (χ4n) is 3.25. The number of amides is 1. The maximum Gasteiger partial charge on any atom is 0.261 e. The van der Waals surface area contributed by atoms with E-state index in [1.165, 1.54) is 0 Å². The van der Waals surface area contributed by atoms with Gasteiger partial charge in [0.25, 0.3) is 5.91 Å². The predicted molar refractivity (Wildman–Crippen MR) is 89.8 cm³/mol. The summed E-state index contributed by atoms with van der Waals surface area (Å²) in [7, 11) is 3.40. The van der Waals surface area contributed by atoms with Crippen LogP contribution in [0.5, 0.6) is 0 Å². The quantitative estimate of drug-likeness (QED) is 0.874. The van der Waals surface area contributed by atoms with Crippen LogP contribution in [0.4, 0.5) is 0 Å². The molecule has 0 bridgehead atoms. The molecule has 1 aliphatic rings. The zero-order valence-corrected chi connectivity index (χ0v) is 14.0. The van der Waals surface area contributed by atoms with E-state index < -0.39 is 5.60 Å². The first-order valence-corrected chi connectivity index (χ1v) is 7.76. The molecule has 3 rings (SSSR count). The number of hydrogen-bond acceptors (Lipinski definition) is 3. The highest BCUT2D eigenvalue weighted by atomic mass is 16.5. The normalized spacial score (nSPS) is 23.3. The minimum atomic E-state index is -0.993. The third-order valence-electron chi connectivity index (χ3n) is 4.87. The summed E-state index contributed by atoms with van der Waals surface area (Å²) < 4.78 is 5.70. The number of aromatic nitrogens is 1. The van der Waals surface area contributed by atoms with E-state index in [0.717, 1.165) is 11.1 Å². The standard InChI is InChI=1S/C19H22N2O2/c1-18(2)13-19(23-4,17(22)21(18)3)16-11-10-15(12-20-16)14-8-6-5-7-9-14/h5-12H,13H2,1-4H3. The Balaban J connectivity index is 1.99. The summed E-state index contributed by atoms with van der Waals surface area (Å²) in [6, 6.07) is 14.0. The van der Waals surface area contributed by atoms with Gasteiger partial charge in [0, 0.05) is 37.9 Å². The van der Waals surface area contributed by atoms with Crippen LogP contribution in [0, 0.1) is 0 Å². The number of hydrogen-bond donors (Lipinski definition) is 0. The zero-order valence-electron chi connectivity index (χ0n) is 14.0. The second kappa shape index (κ2) is 5.46. The minimum Gasteiger partial charge on any atom is -0.362 e. The maximum atomic E-state index is 12.8. The largest absolute Gasteiger partial charge is 0.362 e. The van der Waals surface area contributed by atoms with Crippen LogP contribution in [0.2, 0.25) is 0 Å². The molecule has 1 atom stereocenters. The smallest absolute Gasteiger partial charge is 0.261 e. The topological polar surface area (TPSA) is 42.4 Å². The van der Waals surface area contributed by atoms with Crippen molar-refractivity contribution in [1.82, 2.24) is 9.88 Å². The summed E-state index contributed by atoms with van der Waals surface area (Å²) in [4.78, 5) is 19.1. The number of ether oxygens (including phenoxy) is 1. The Morgan fingerprint density at radius 2 is 1.78 bits per heavy atom. The molecule has 0 spiro atoms. The summed E-state index contributed by atoms with van der Waals surface area (Å²) in [5, 5.41) is 0. The Hall–Kier alpha value is -2.20. The molecule has 2 heterocycles. The fourth-order valence-corrected chi connectivity index (χ4v) is 3.25. The molecule has 1 aromatic carbocycles. The van der Waals surface area contributed by atoms with Gasteiger partial charge in [0.1, 0.15) is 0 Å². The number of rotatable bonds is 3. The molecule has 23 heavy (non-hydrogen) atoms. The first kappa shape index (κ1) is 15.7. The van der Waals surface area contributed by atoms with Crippen LogP contribution in [0.25, 0.3) is 11.1 Å². The highest BCUT2D eigenvalue weighted by Gasteiger charge is 2.56. The number of likely N-dealkylation sites (N-methyl/N-ethyl adjacent to an activating group) is 1. The molecule has 1 amide bonds. The lowest BCUT2D eigenvalue weighted by molar-refractivity contribution is -0.147. The zero-order chi connectivity index (χ0) is 16.7. The fraction of sp³-hybridized carbons (Fsp3) is 0.368. The molecule has 4 nitrogen and oxygen atoms in total. The molecule has 0 saturated carbocycles. The summed E-state index contributed by atoms with van der Waals surface area (Å²) in [6.07, 6.45) is 2.40. The van der Waals surface area contributed by atoms with E-state index in [1.54, 1.807) is 12.0 Å². The van der Waals surface area contributed by atoms with Crippen molar-refractivity contribution in [2.45, 2.75) is 31.4 Å². The molecular formula is C19H22N2O2. The van der Waals surface area contributed by atoms with Gasteiger partial charge >= 0.3 is 0 Å². The molecule has 0 radical (unpaired) electrons. The summed E-state index contributed by atoms with van der Waals surface area (Å²) in [5.41, 5.74) is 1.55. The van der Waals surface area contributed by atoms with Crippen LogP contribution >= 0.6 is 0 Å². The summed E-state index contributed by atoms with van der Waals surface area (Å²) in [5.74, 6) is -0.0371. The average molecular weight is 310 g/mol. The number of methoxy groups -OCH3 is 1. The van der Waals surface area contributed by atoms with Gasteiger partial charge in [0.2, 0.25) is 0 Å². The SMILES string of the molecule is COC1(c2ccc(-c3ccccc3)cn2)CC(C)(C)N(C)C1=O. The van der Waals surface area contributed by atoms with E-state index in [0.29, 0.717) is 12.1 Å². The minimum absolute atomic E-state index is 0.0371. The monoisotopic (exact) mass is 310 g/mol. The molecule has 1 fully saturated rings. The molecule has 1 aromatic heterocycles. The van der Waals surface area contributed by atoms with E-state index in [2.05, 4.69) is 4.98 Å². The first-order valence-electron chi connectivity index (χ1n) is 7.76. The van der Waals surface area contributed by atoms with Crippen LogP contribution in [0.3, 0.4) is 0 Å². The van der Waals surface area contributed by atoms with E-state index in [9.17, 15) is 4.79 Å². The third-order valence-corrected chi connectivity index (χ3v) is 4.87. The highest BCUT2D eigenvalue weighted by molar-refractivity contribution is 5.89. The lowest BCUT2D eigenvalue weighted by atomic mass is 9.89. The van der Waals surface area contributed by atoms with Crippen molar-refractivity contribution >= 4 is 5.91 Å². The van der Waals surface area contributed by atoms with E-state index >= 15 is 0 Å². The van der Waals surface area contributed by atoms with Gasteiger partial charge in [0.15, 0.2) is 5.60 Å². The molecule has 1 unspecified atom stereocenters. The van der Waals surface area contributed by atoms with Crippen molar-refractivity contribution in [3.63, 3.8) is 0 Å². The van der Waals surface area contributed by atoms with Gasteiger partial charge in [-0.2, -0.15) is 0 Å². The number of nitrogens with zero attached hydrogens (tertiary/aromatic N) is 2. The number of pyridine rings is 1. The predicted octanol–water partition coefficient (Wildman–Crippen LogP) is 3.23. The van der Waals surface area contributed by atoms with Gasteiger partial charge in [-0.1, -0.05) is 36.4 Å². The third kappa shape index (κ3) is 2.43. The molecular weight excluding hydrogens is 288 g/mol. The van der Waals surface area contributed by atoms with Crippen molar-refractivity contribution in [1.29, 1.82) is 0 Å². The second-order valence-electron chi connectivity index (χ2n) is 6.68. The van der Waals surface area contributed by atoms with Gasteiger partial charge in [-0.3, -0.25) is 9.78 Å². The van der Waals surface area contributed by atoms with Crippen LogP contribution in [-0.4, -0.2) is 35.5 Å². The van der Waals surface area contributed by atoms with E-state index in [1.807, 2.05) is 69.6 Å². The Morgan fingerprint density at radius 3 is 2.26 bits per heavy atom. The van der Waals surface area contributed by atoms with E-state index in [-0.39, 0.29) is 11.4 Å². The second-order valence-corrected chi connectivity index (χ2v) is 6.68. The van der Waals surface area contributed by atoms with Crippen LogP contribution in [0.1, 0.15) is 26.0 Å². The summed E-state index contributed by atoms with van der Waals surface area (Å²) >= 11 is 0. The number of benzene rings is 1. The van der Waals surface area contributed by atoms with Crippen LogP contribution in [-0.2, 0) is 15.1 Å². The van der Waals surface area contributed by atoms with Crippen molar-refractivity contribution < 1.29 is 9.53 Å². The van der Waals surface area contributed by atoms with Gasteiger partial charge in [0.05, 0.1) is 5.69 Å². The van der Waals surface area contributed by atoms with Gasteiger partial charge < -0.3 is 9.64 Å². The van der Waals surface area contributed by atoms with Crippen molar-refractivity contribution in [2.24, 2.45) is 0 Å². The molecule has 2 aromatic rings. The maximum absolute atomic E-state index is 12.8. The Labute approximate surface area is 137 Å². The number of carbonyl (C=O) groups excluding carboxylic acids is 1. The lowest BCUT2D eigenvalue weighted by Crippen LogP contribution is -2.40. The molecule has 1 aliphatic heterocycles. The first-order chi connectivity index (χ1) is 10.9. The van der Waals surface area contributed by atoms with Crippen molar-refractivity contribution in [3.8, 4) is 11.1 Å². The van der Waals surface area contributed by atoms with Crippen molar-refractivity contribution in [2.75, 3.05) is 14.2 Å². The van der Waals surface area contributed by atoms with Crippen LogP contribution in [0.15, 0.2) is 48.7 Å². The number of likely N-dealkylation sites (tertiary alicyclic amines) is 1. The number of carbonyl (C=O) groups is 1. The lowest BCUT2D eigenvalue weighted by Gasteiger charge is -2.26. The Kier molecular flexibility index (Phi) is 3.72. The Bertz CT molecular complexity index is 710.